The summed E-state index contributed by atoms with van der Waals surface area (Å²) in [4.78, 5) is 24.8. The van der Waals surface area contributed by atoms with Gasteiger partial charge in [-0.15, -0.1) is 11.3 Å². The van der Waals surface area contributed by atoms with Crippen LogP contribution in [-0.4, -0.2) is 71.9 Å². The van der Waals surface area contributed by atoms with Crippen LogP contribution in [0, 0.1) is 6.92 Å². The molecule has 2 aliphatic rings. The molecule has 1 aromatic rings. The lowest BCUT2D eigenvalue weighted by atomic mass is 10.3. The first kappa shape index (κ1) is 14.9. The Hall–Kier alpha value is -0.980. The summed E-state index contributed by atoms with van der Waals surface area (Å²) in [7, 11) is 2.11. The average molecular weight is 308 g/mol. The summed E-state index contributed by atoms with van der Waals surface area (Å²) in [5.74, 6) is 0.172. The van der Waals surface area contributed by atoms with Crippen molar-refractivity contribution in [1.82, 2.24) is 19.7 Å². The van der Waals surface area contributed by atoms with Crippen LogP contribution in [0.1, 0.15) is 33.2 Å². The Labute approximate surface area is 130 Å². The fourth-order valence-electron chi connectivity index (χ4n) is 3.00. The number of nitrogens with zero attached hydrogens (tertiary/aromatic N) is 4. The van der Waals surface area contributed by atoms with Crippen molar-refractivity contribution in [2.45, 2.75) is 26.3 Å². The maximum absolute atomic E-state index is 12.6. The Bertz CT molecular complexity index is 502. The zero-order valence-electron chi connectivity index (χ0n) is 13.0. The molecule has 0 spiro atoms. The number of rotatable bonds is 3. The van der Waals surface area contributed by atoms with Gasteiger partial charge < -0.3 is 9.80 Å². The van der Waals surface area contributed by atoms with Gasteiger partial charge in [-0.1, -0.05) is 0 Å². The van der Waals surface area contributed by atoms with Crippen molar-refractivity contribution in [3.05, 3.63) is 15.6 Å². The minimum Gasteiger partial charge on any atom is -0.335 e. The van der Waals surface area contributed by atoms with Crippen molar-refractivity contribution >= 4 is 17.2 Å². The maximum Gasteiger partial charge on any atom is 0.265 e. The number of carbonyl (C=O) groups excluding carboxylic acids is 1. The van der Waals surface area contributed by atoms with Gasteiger partial charge in [0.25, 0.3) is 5.91 Å². The summed E-state index contributed by atoms with van der Waals surface area (Å²) in [5.41, 5.74) is 0.901. The summed E-state index contributed by atoms with van der Waals surface area (Å²) in [6.45, 7) is 8.78. The molecule has 0 aromatic carbocycles. The molecule has 2 aliphatic heterocycles. The van der Waals surface area contributed by atoms with Crippen molar-refractivity contribution < 1.29 is 4.79 Å². The minimum absolute atomic E-state index is 0.172. The SMILES string of the molecule is Cc1nc(CN2CCCC2)sc1C(=O)N1CCN(C)CC1. The van der Waals surface area contributed by atoms with Crippen LogP contribution in [0.3, 0.4) is 0 Å². The molecular formula is C15H24N4OS. The first-order valence-electron chi connectivity index (χ1n) is 7.80. The number of likely N-dealkylation sites (tertiary alicyclic amines) is 1. The Morgan fingerprint density at radius 1 is 1.14 bits per heavy atom. The van der Waals surface area contributed by atoms with E-state index < -0.39 is 0 Å². The average Bonchev–Trinajstić information content (AvgIpc) is 3.09. The summed E-state index contributed by atoms with van der Waals surface area (Å²) < 4.78 is 0. The highest BCUT2D eigenvalue weighted by molar-refractivity contribution is 7.13. The fourth-order valence-corrected chi connectivity index (χ4v) is 4.08. The first-order chi connectivity index (χ1) is 10.1. The largest absolute Gasteiger partial charge is 0.335 e. The van der Waals surface area contributed by atoms with Crippen LogP contribution in [0.5, 0.6) is 0 Å². The Balaban J connectivity index is 1.66. The van der Waals surface area contributed by atoms with E-state index in [1.165, 1.54) is 25.9 Å². The van der Waals surface area contributed by atoms with Crippen LogP contribution < -0.4 is 0 Å². The topological polar surface area (TPSA) is 39.7 Å². The highest BCUT2D eigenvalue weighted by Crippen LogP contribution is 2.23. The van der Waals surface area contributed by atoms with Gasteiger partial charge in [0.1, 0.15) is 9.88 Å². The zero-order valence-corrected chi connectivity index (χ0v) is 13.8. The Morgan fingerprint density at radius 2 is 1.81 bits per heavy atom. The van der Waals surface area contributed by atoms with E-state index in [9.17, 15) is 4.79 Å². The van der Waals surface area contributed by atoms with E-state index in [0.717, 1.165) is 48.3 Å². The number of thiazole rings is 1. The third kappa shape index (κ3) is 3.44. The lowest BCUT2D eigenvalue weighted by molar-refractivity contribution is 0.0668. The number of hydrogen-bond donors (Lipinski definition) is 0. The molecule has 116 valence electrons. The molecule has 0 unspecified atom stereocenters. The van der Waals surface area contributed by atoms with Crippen molar-refractivity contribution in [3.63, 3.8) is 0 Å². The molecule has 5 nitrogen and oxygen atoms in total. The summed E-state index contributed by atoms with van der Waals surface area (Å²) in [6.07, 6.45) is 2.58. The smallest absolute Gasteiger partial charge is 0.265 e. The van der Waals surface area contributed by atoms with Gasteiger partial charge in [-0.25, -0.2) is 4.98 Å². The van der Waals surface area contributed by atoms with Crippen LogP contribution in [0.4, 0.5) is 0 Å². The maximum atomic E-state index is 12.6. The van der Waals surface area contributed by atoms with Gasteiger partial charge in [0.2, 0.25) is 0 Å². The molecule has 0 saturated carbocycles. The van der Waals surface area contributed by atoms with Crippen LogP contribution in [0.2, 0.25) is 0 Å². The number of amides is 1. The second-order valence-corrected chi connectivity index (χ2v) is 7.18. The van der Waals surface area contributed by atoms with Gasteiger partial charge in [-0.2, -0.15) is 0 Å². The lowest BCUT2D eigenvalue weighted by Gasteiger charge is -2.32. The molecule has 3 heterocycles. The molecule has 1 aromatic heterocycles. The van der Waals surface area contributed by atoms with E-state index >= 15 is 0 Å². The molecule has 0 bridgehead atoms. The predicted molar refractivity (Wildman–Crippen MR) is 84.8 cm³/mol. The normalized spacial score (nSPS) is 21.1. The number of likely N-dealkylation sites (N-methyl/N-ethyl adjacent to an activating group) is 1. The van der Waals surface area contributed by atoms with Crippen molar-refractivity contribution in [2.75, 3.05) is 46.3 Å². The second kappa shape index (κ2) is 6.42. The van der Waals surface area contributed by atoms with Crippen molar-refractivity contribution in [2.24, 2.45) is 0 Å². The summed E-state index contributed by atoms with van der Waals surface area (Å²) in [5, 5.41) is 1.09. The van der Waals surface area contributed by atoms with Crippen LogP contribution in [0.25, 0.3) is 0 Å². The molecular weight excluding hydrogens is 284 g/mol. The predicted octanol–water partition coefficient (Wildman–Crippen LogP) is 1.43. The number of aromatic nitrogens is 1. The lowest BCUT2D eigenvalue weighted by Crippen LogP contribution is -2.47. The number of aryl methyl sites for hydroxylation is 1. The van der Waals surface area contributed by atoms with Gasteiger partial charge in [-0.3, -0.25) is 9.69 Å². The molecule has 6 heteroatoms. The highest BCUT2D eigenvalue weighted by atomic mass is 32.1. The van der Waals surface area contributed by atoms with Gasteiger partial charge in [0.05, 0.1) is 12.2 Å². The van der Waals surface area contributed by atoms with Gasteiger partial charge in [0, 0.05) is 26.2 Å². The molecule has 21 heavy (non-hydrogen) atoms. The van der Waals surface area contributed by atoms with Gasteiger partial charge >= 0.3 is 0 Å². The molecule has 1 amide bonds. The Kier molecular flexibility index (Phi) is 4.57. The van der Waals surface area contributed by atoms with Gasteiger partial charge in [-0.05, 0) is 39.9 Å². The standard InChI is InChI=1S/C15H24N4OS/c1-12-14(15(20)19-9-7-17(2)8-10-19)21-13(16-12)11-18-5-3-4-6-18/h3-11H2,1-2H3. The third-order valence-corrected chi connectivity index (χ3v) is 5.51. The number of piperazine rings is 1. The molecule has 0 radical (unpaired) electrons. The molecule has 0 aliphatic carbocycles. The summed E-state index contributed by atoms with van der Waals surface area (Å²) >= 11 is 1.59. The molecule has 0 atom stereocenters. The van der Waals surface area contributed by atoms with E-state index in [-0.39, 0.29) is 5.91 Å². The molecule has 2 saturated heterocycles. The van der Waals surface area contributed by atoms with Crippen molar-refractivity contribution in [3.8, 4) is 0 Å². The van der Waals surface area contributed by atoms with E-state index in [2.05, 4.69) is 21.8 Å². The Morgan fingerprint density at radius 3 is 2.48 bits per heavy atom. The van der Waals surface area contributed by atoms with E-state index in [0.29, 0.717) is 0 Å². The first-order valence-corrected chi connectivity index (χ1v) is 8.61. The quantitative estimate of drug-likeness (QED) is 0.847. The molecule has 0 N–H and O–H groups in total. The van der Waals surface area contributed by atoms with E-state index in [1.54, 1.807) is 11.3 Å². The molecule has 3 rings (SSSR count). The second-order valence-electron chi connectivity index (χ2n) is 6.10. The molecule has 2 fully saturated rings. The van der Waals surface area contributed by atoms with E-state index in [4.69, 9.17) is 0 Å². The monoisotopic (exact) mass is 308 g/mol. The van der Waals surface area contributed by atoms with Crippen LogP contribution in [0.15, 0.2) is 0 Å². The zero-order chi connectivity index (χ0) is 14.8. The number of hydrogen-bond acceptors (Lipinski definition) is 5. The fraction of sp³-hybridized carbons (Fsp3) is 0.733. The van der Waals surface area contributed by atoms with E-state index in [1.807, 2.05) is 11.8 Å². The third-order valence-electron chi connectivity index (χ3n) is 4.38. The highest BCUT2D eigenvalue weighted by Gasteiger charge is 2.25. The van der Waals surface area contributed by atoms with Crippen LogP contribution in [-0.2, 0) is 6.54 Å². The summed E-state index contributed by atoms with van der Waals surface area (Å²) in [6, 6.07) is 0. The van der Waals surface area contributed by atoms with Crippen molar-refractivity contribution in [1.29, 1.82) is 0 Å². The van der Waals surface area contributed by atoms with Gasteiger partial charge in [0.15, 0.2) is 0 Å². The number of carbonyl (C=O) groups is 1. The van der Waals surface area contributed by atoms with Crippen LogP contribution >= 0.6 is 11.3 Å². The minimum atomic E-state index is 0.172.